The van der Waals surface area contributed by atoms with Gasteiger partial charge in [-0.05, 0) is 62.4 Å². The van der Waals surface area contributed by atoms with Crippen molar-refractivity contribution in [3.63, 3.8) is 0 Å². The third kappa shape index (κ3) is 7.52. The zero-order valence-corrected chi connectivity index (χ0v) is 20.4. The number of hydrogen-bond acceptors (Lipinski definition) is 3. The number of aryl methyl sites for hydroxylation is 1. The van der Waals surface area contributed by atoms with Gasteiger partial charge in [0.15, 0.2) is 0 Å². The molecule has 1 aliphatic rings. The van der Waals surface area contributed by atoms with Crippen LogP contribution in [0.15, 0.2) is 84.9 Å². The lowest BCUT2D eigenvalue weighted by Gasteiger charge is -2.19. The van der Waals surface area contributed by atoms with Crippen molar-refractivity contribution in [1.29, 1.82) is 0 Å². The van der Waals surface area contributed by atoms with Gasteiger partial charge >= 0.3 is 0 Å². The molecule has 5 heteroatoms. The average molecular weight is 470 g/mol. The average Bonchev–Trinajstić information content (AvgIpc) is 3.67. The predicted molar refractivity (Wildman–Crippen MR) is 140 cm³/mol. The molecule has 35 heavy (non-hydrogen) atoms. The zero-order valence-electron chi connectivity index (χ0n) is 20.4. The van der Waals surface area contributed by atoms with E-state index in [1.54, 1.807) is 12.1 Å². The number of unbranched alkanes of at least 4 members (excludes halogenated alkanes) is 1. The van der Waals surface area contributed by atoms with Gasteiger partial charge in [0, 0.05) is 24.1 Å². The van der Waals surface area contributed by atoms with E-state index in [2.05, 4.69) is 46.3 Å². The molecule has 0 spiro atoms. The summed E-state index contributed by atoms with van der Waals surface area (Å²) in [5.74, 6) is 0.252. The molecule has 3 aromatic carbocycles. The van der Waals surface area contributed by atoms with Crippen LogP contribution >= 0.6 is 0 Å². The Morgan fingerprint density at radius 1 is 0.886 bits per heavy atom. The second kappa shape index (κ2) is 12.3. The fourth-order valence-corrected chi connectivity index (χ4v) is 4.37. The molecule has 5 nitrogen and oxygen atoms in total. The molecule has 1 fully saturated rings. The van der Waals surface area contributed by atoms with Crippen LogP contribution in [0.4, 0.5) is 0 Å². The lowest BCUT2D eigenvalue weighted by atomic mass is 10.1. The Hall–Kier alpha value is -3.44. The van der Waals surface area contributed by atoms with E-state index in [4.69, 9.17) is 0 Å². The van der Waals surface area contributed by atoms with Crippen molar-refractivity contribution in [2.45, 2.75) is 57.2 Å². The summed E-state index contributed by atoms with van der Waals surface area (Å²) in [5, 5.41) is 9.59. The van der Waals surface area contributed by atoms with Gasteiger partial charge in [-0.15, -0.1) is 0 Å². The van der Waals surface area contributed by atoms with Gasteiger partial charge in [0.05, 0.1) is 0 Å². The maximum Gasteiger partial charge on any atom is 0.251 e. The van der Waals surface area contributed by atoms with Crippen molar-refractivity contribution in [1.82, 2.24) is 16.0 Å². The molecular formula is C30H35N3O2. The van der Waals surface area contributed by atoms with Gasteiger partial charge in [-0.1, -0.05) is 78.4 Å². The predicted octanol–water partition coefficient (Wildman–Crippen LogP) is 4.73. The largest absolute Gasteiger partial charge is 0.350 e. The normalized spacial score (nSPS) is 17.4. The van der Waals surface area contributed by atoms with Crippen LogP contribution < -0.4 is 16.0 Å². The third-order valence-electron chi connectivity index (χ3n) is 6.59. The maximum absolute atomic E-state index is 13.0. The number of carbonyl (C=O) groups excluding carboxylic acids is 2. The summed E-state index contributed by atoms with van der Waals surface area (Å²) in [6, 6.07) is 27.8. The molecule has 3 N–H and O–H groups in total. The minimum Gasteiger partial charge on any atom is -0.350 e. The first-order chi connectivity index (χ1) is 17.1. The highest BCUT2D eigenvalue weighted by molar-refractivity contribution is 5.97. The monoisotopic (exact) mass is 469 g/mol. The number of nitrogens with one attached hydrogen (secondary N) is 3. The third-order valence-corrected chi connectivity index (χ3v) is 6.59. The van der Waals surface area contributed by atoms with Crippen molar-refractivity contribution in [2.75, 3.05) is 6.54 Å². The van der Waals surface area contributed by atoms with E-state index in [0.717, 1.165) is 30.5 Å². The van der Waals surface area contributed by atoms with Gasteiger partial charge in [0.25, 0.3) is 5.91 Å². The fourth-order valence-electron chi connectivity index (χ4n) is 4.37. The Kier molecular flexibility index (Phi) is 8.68. The molecule has 2 amide bonds. The van der Waals surface area contributed by atoms with E-state index >= 15 is 0 Å². The van der Waals surface area contributed by atoms with Gasteiger partial charge in [-0.2, -0.15) is 0 Å². The Balaban J connectivity index is 1.25. The second-order valence-electron chi connectivity index (χ2n) is 9.40. The summed E-state index contributed by atoms with van der Waals surface area (Å²) >= 11 is 0. The molecule has 1 aliphatic carbocycles. The lowest BCUT2D eigenvalue weighted by molar-refractivity contribution is -0.123. The van der Waals surface area contributed by atoms with E-state index in [9.17, 15) is 9.59 Å². The Bertz CT molecular complexity index is 1080. The van der Waals surface area contributed by atoms with E-state index < -0.39 is 6.04 Å². The molecule has 3 atom stereocenters. The molecule has 0 bridgehead atoms. The molecular weight excluding hydrogens is 434 g/mol. The Morgan fingerprint density at radius 3 is 2.29 bits per heavy atom. The molecule has 182 valence electrons. The number of amides is 2. The molecule has 0 aromatic heterocycles. The zero-order chi connectivity index (χ0) is 24.5. The van der Waals surface area contributed by atoms with Gasteiger partial charge in [0.2, 0.25) is 5.91 Å². The highest BCUT2D eigenvalue weighted by Crippen LogP contribution is 2.40. The quantitative estimate of drug-likeness (QED) is 0.336. The smallest absolute Gasteiger partial charge is 0.251 e. The van der Waals surface area contributed by atoms with Crippen LogP contribution in [0.3, 0.4) is 0 Å². The van der Waals surface area contributed by atoms with E-state index in [-0.39, 0.29) is 11.8 Å². The number of benzene rings is 3. The van der Waals surface area contributed by atoms with Gasteiger partial charge in [-0.25, -0.2) is 0 Å². The van der Waals surface area contributed by atoms with Crippen molar-refractivity contribution in [3.8, 4) is 0 Å². The minimum absolute atomic E-state index is 0.145. The first-order valence-electron chi connectivity index (χ1n) is 12.6. The van der Waals surface area contributed by atoms with Gasteiger partial charge in [0.1, 0.15) is 6.04 Å². The van der Waals surface area contributed by atoms with Crippen LogP contribution in [-0.2, 0) is 11.3 Å². The molecule has 0 radical (unpaired) electrons. The summed E-state index contributed by atoms with van der Waals surface area (Å²) in [5.41, 5.74) is 4.10. The van der Waals surface area contributed by atoms with Crippen LogP contribution in [0.2, 0.25) is 0 Å². The summed E-state index contributed by atoms with van der Waals surface area (Å²) < 4.78 is 0. The van der Waals surface area contributed by atoms with Crippen molar-refractivity contribution in [2.24, 2.45) is 0 Å². The lowest BCUT2D eigenvalue weighted by Crippen LogP contribution is -2.46. The SMILES string of the molecule is Cc1ccc(C(=O)N[C@@H](CCCCN[C@H]2C[C@@H]2c2ccccc2)C(=O)NCc2ccccc2)cc1. The van der Waals surface area contributed by atoms with Crippen LogP contribution in [-0.4, -0.2) is 30.4 Å². The molecule has 4 rings (SSSR count). The molecule has 0 aliphatic heterocycles. The standard InChI is InChI=1S/C30H35N3O2/c1-22-15-17-25(18-16-22)29(34)33-27(30(35)32-21-23-10-4-2-5-11-23)14-8-9-19-31-28-20-26(28)24-12-6-3-7-13-24/h2-7,10-13,15-18,26-28,31H,8-9,14,19-21H2,1H3,(H,32,35)(H,33,34)/t26-,27+,28+/m1/s1. The van der Waals surface area contributed by atoms with Crippen LogP contribution in [0.25, 0.3) is 0 Å². The maximum atomic E-state index is 13.0. The van der Waals surface area contributed by atoms with Gasteiger partial charge in [-0.3, -0.25) is 9.59 Å². The first-order valence-corrected chi connectivity index (χ1v) is 12.6. The number of rotatable bonds is 12. The molecule has 1 saturated carbocycles. The van der Waals surface area contributed by atoms with Crippen molar-refractivity contribution < 1.29 is 9.59 Å². The Labute approximate surface area is 208 Å². The summed E-state index contributed by atoms with van der Waals surface area (Å²) in [6.45, 7) is 3.35. The van der Waals surface area contributed by atoms with Crippen molar-refractivity contribution in [3.05, 3.63) is 107 Å². The highest BCUT2D eigenvalue weighted by atomic mass is 16.2. The van der Waals surface area contributed by atoms with Crippen molar-refractivity contribution >= 4 is 11.8 Å². The minimum atomic E-state index is -0.564. The summed E-state index contributed by atoms with van der Waals surface area (Å²) in [4.78, 5) is 25.8. The summed E-state index contributed by atoms with van der Waals surface area (Å²) in [6.07, 6.45) is 3.60. The summed E-state index contributed by atoms with van der Waals surface area (Å²) in [7, 11) is 0. The van der Waals surface area contributed by atoms with E-state index in [0.29, 0.717) is 30.5 Å². The second-order valence-corrected chi connectivity index (χ2v) is 9.40. The van der Waals surface area contributed by atoms with Gasteiger partial charge < -0.3 is 16.0 Å². The molecule has 0 unspecified atom stereocenters. The molecule has 0 saturated heterocycles. The van der Waals surface area contributed by atoms with E-state index in [1.807, 2.05) is 49.4 Å². The van der Waals surface area contributed by atoms with E-state index in [1.165, 1.54) is 12.0 Å². The number of carbonyl (C=O) groups is 2. The Morgan fingerprint density at radius 2 is 1.57 bits per heavy atom. The topological polar surface area (TPSA) is 70.2 Å². The first kappa shape index (κ1) is 24.7. The molecule has 3 aromatic rings. The highest BCUT2D eigenvalue weighted by Gasteiger charge is 2.37. The van der Waals surface area contributed by atoms with Crippen LogP contribution in [0.5, 0.6) is 0 Å². The molecule has 0 heterocycles. The van der Waals surface area contributed by atoms with Crippen LogP contribution in [0, 0.1) is 6.92 Å². The number of hydrogen-bond donors (Lipinski definition) is 3. The van der Waals surface area contributed by atoms with Crippen LogP contribution in [0.1, 0.15) is 58.6 Å². The fraction of sp³-hybridized carbons (Fsp3) is 0.333.